The number of hydrogen-bond acceptors (Lipinski definition) is 10. The lowest BCUT2D eigenvalue weighted by Crippen LogP contribution is -2.41. The summed E-state index contributed by atoms with van der Waals surface area (Å²) in [6.45, 7) is 6.39. The van der Waals surface area contributed by atoms with Crippen molar-refractivity contribution >= 4 is 40.6 Å². The average Bonchev–Trinajstić information content (AvgIpc) is 2.94. The van der Waals surface area contributed by atoms with Crippen molar-refractivity contribution < 1.29 is 24.2 Å². The Hall–Kier alpha value is -5.07. The molecule has 0 saturated carbocycles. The fraction of sp³-hybridized carbons (Fsp3) is 0.345. The molecular weight excluding hydrogens is 542 g/mol. The van der Waals surface area contributed by atoms with Crippen molar-refractivity contribution in [3.05, 3.63) is 75.4 Å². The highest BCUT2D eigenvalue weighted by atomic mass is 16.5. The number of benzene rings is 1. The Labute approximate surface area is 242 Å². The number of carboxylic acid groups (broad SMARTS) is 1. The van der Waals surface area contributed by atoms with Crippen molar-refractivity contribution in [2.45, 2.75) is 59.0 Å². The molecule has 6 N–H and O–H groups in total. The molecule has 1 atom stereocenters. The number of nitrogens with one attached hydrogen (secondary N) is 3. The maximum absolute atomic E-state index is 12.7. The minimum Gasteiger partial charge on any atom is -0.480 e. The molecule has 0 aliphatic heterocycles. The monoisotopic (exact) mass is 577 g/mol. The Morgan fingerprint density at radius 2 is 1.83 bits per heavy atom. The van der Waals surface area contributed by atoms with Crippen LogP contribution in [0.3, 0.4) is 0 Å². The van der Waals surface area contributed by atoms with E-state index in [1.807, 2.05) is 26.8 Å². The molecule has 1 aromatic carbocycles. The second kappa shape index (κ2) is 15.1. The van der Waals surface area contributed by atoms with E-state index in [0.717, 1.165) is 18.4 Å². The van der Waals surface area contributed by atoms with Crippen molar-refractivity contribution in [2.24, 2.45) is 0 Å². The number of nitrogen functional groups attached to an aromatic ring is 1. The van der Waals surface area contributed by atoms with Crippen LogP contribution in [0.25, 0.3) is 11.2 Å². The highest BCUT2D eigenvalue weighted by Gasteiger charge is 2.22. The molecule has 222 valence electrons. The first-order valence-corrected chi connectivity index (χ1v) is 13.4. The van der Waals surface area contributed by atoms with E-state index in [4.69, 9.17) is 10.5 Å². The molecular formula is C29H35N7O6. The molecule has 13 heteroatoms. The van der Waals surface area contributed by atoms with Gasteiger partial charge >= 0.3 is 11.9 Å². The van der Waals surface area contributed by atoms with Crippen LogP contribution >= 0.6 is 0 Å². The quantitative estimate of drug-likeness (QED) is 0.139. The number of fused-ring (bicyclic) bond motifs is 1. The fourth-order valence-corrected chi connectivity index (χ4v) is 3.79. The first kappa shape index (κ1) is 31.5. The first-order chi connectivity index (χ1) is 20.0. The van der Waals surface area contributed by atoms with Gasteiger partial charge in [-0.2, -0.15) is 4.98 Å². The van der Waals surface area contributed by atoms with Gasteiger partial charge < -0.3 is 26.2 Å². The van der Waals surface area contributed by atoms with Gasteiger partial charge in [0.15, 0.2) is 11.2 Å². The number of nitrogens with zero attached hydrogens (tertiary/aromatic N) is 3. The van der Waals surface area contributed by atoms with Gasteiger partial charge in [0, 0.05) is 17.7 Å². The molecule has 0 aliphatic rings. The van der Waals surface area contributed by atoms with Crippen LogP contribution in [0.1, 0.15) is 62.5 Å². The van der Waals surface area contributed by atoms with Crippen LogP contribution in [0.5, 0.6) is 0 Å². The maximum atomic E-state index is 12.7. The summed E-state index contributed by atoms with van der Waals surface area (Å²) in [5, 5.41) is 15.1. The highest BCUT2D eigenvalue weighted by Crippen LogP contribution is 2.13. The van der Waals surface area contributed by atoms with Gasteiger partial charge in [0.25, 0.3) is 11.5 Å². The summed E-state index contributed by atoms with van der Waals surface area (Å²) in [4.78, 5) is 63.1. The van der Waals surface area contributed by atoms with Gasteiger partial charge in [-0.1, -0.05) is 17.2 Å². The minimum absolute atomic E-state index is 0.0473. The van der Waals surface area contributed by atoms with Crippen LogP contribution in [0.2, 0.25) is 0 Å². The highest BCUT2D eigenvalue weighted by molar-refractivity contribution is 5.97. The lowest BCUT2D eigenvalue weighted by atomic mass is 10.1. The van der Waals surface area contributed by atoms with Crippen molar-refractivity contribution in [2.75, 3.05) is 17.7 Å². The SMILES string of the molecule is CC(C)=CCC/C(C)=C/COC(=O)CCC(NC(=O)c1ccc(NCc2cnc3nc(N)[nH]c(=O)c3n2)cc1)C(=O)O. The van der Waals surface area contributed by atoms with Gasteiger partial charge in [-0.15, -0.1) is 0 Å². The number of esters is 1. The van der Waals surface area contributed by atoms with E-state index in [1.54, 1.807) is 12.1 Å². The number of allylic oxidation sites excluding steroid dienone is 3. The third-order valence-electron chi connectivity index (χ3n) is 6.11. The van der Waals surface area contributed by atoms with Crippen LogP contribution in [-0.2, 0) is 20.9 Å². The summed E-state index contributed by atoms with van der Waals surface area (Å²) >= 11 is 0. The number of carbonyl (C=O) groups is 3. The van der Waals surface area contributed by atoms with E-state index >= 15 is 0 Å². The number of anilines is 2. The average molecular weight is 578 g/mol. The second-order valence-corrected chi connectivity index (χ2v) is 9.87. The first-order valence-electron chi connectivity index (χ1n) is 13.4. The van der Waals surface area contributed by atoms with Crippen molar-refractivity contribution in [3.63, 3.8) is 0 Å². The Kier molecular flexibility index (Phi) is 11.3. The van der Waals surface area contributed by atoms with E-state index in [9.17, 15) is 24.3 Å². The van der Waals surface area contributed by atoms with Gasteiger partial charge in [0.1, 0.15) is 12.6 Å². The van der Waals surface area contributed by atoms with Crippen LogP contribution in [0.4, 0.5) is 11.6 Å². The largest absolute Gasteiger partial charge is 0.480 e. The molecule has 42 heavy (non-hydrogen) atoms. The summed E-state index contributed by atoms with van der Waals surface area (Å²) in [6, 6.07) is 5.08. The van der Waals surface area contributed by atoms with Crippen LogP contribution in [0, 0.1) is 0 Å². The molecule has 2 aromatic heterocycles. The minimum atomic E-state index is -1.26. The molecule has 0 spiro atoms. The van der Waals surface area contributed by atoms with Gasteiger partial charge in [-0.05, 0) is 70.4 Å². The van der Waals surface area contributed by atoms with Crippen LogP contribution in [0.15, 0.2) is 58.6 Å². The molecule has 1 amide bonds. The van der Waals surface area contributed by atoms with Gasteiger partial charge in [-0.3, -0.25) is 19.4 Å². The van der Waals surface area contributed by atoms with E-state index < -0.39 is 29.4 Å². The standard InChI is InChI=1S/C29H35N7O6/c1-17(2)5-4-6-18(3)13-14-42-23(37)12-11-22(28(40)41)34-26(38)19-7-9-20(10-8-19)31-15-21-16-32-25-24(33-21)27(39)36-29(30)35-25/h5,7-10,13,16,22,31H,4,6,11-12,14-15H2,1-3H3,(H,34,38)(H,40,41)(H3,30,32,35,36,39)/b18-13+. The maximum Gasteiger partial charge on any atom is 0.326 e. The zero-order valence-electron chi connectivity index (χ0n) is 23.8. The van der Waals surface area contributed by atoms with Crippen molar-refractivity contribution in [1.82, 2.24) is 25.3 Å². The molecule has 2 heterocycles. The molecule has 0 radical (unpaired) electrons. The molecule has 0 aliphatic carbocycles. The Morgan fingerprint density at radius 3 is 2.52 bits per heavy atom. The lowest BCUT2D eigenvalue weighted by Gasteiger charge is -2.14. The van der Waals surface area contributed by atoms with E-state index in [1.165, 1.54) is 23.9 Å². The molecule has 0 saturated heterocycles. The molecule has 3 aromatic rings. The van der Waals surface area contributed by atoms with Gasteiger partial charge in [0.2, 0.25) is 5.95 Å². The summed E-state index contributed by atoms with van der Waals surface area (Å²) in [6.07, 6.45) is 6.95. The number of amides is 1. The molecule has 0 fully saturated rings. The van der Waals surface area contributed by atoms with Gasteiger partial charge in [-0.25, -0.2) is 14.8 Å². The number of nitrogens with two attached hydrogens (primary N) is 1. The molecule has 0 bridgehead atoms. The number of aliphatic carboxylic acids is 1. The summed E-state index contributed by atoms with van der Waals surface area (Å²) in [5.74, 6) is -2.43. The number of carbonyl (C=O) groups excluding carboxylic acids is 2. The van der Waals surface area contributed by atoms with Gasteiger partial charge in [0.05, 0.1) is 18.4 Å². The van der Waals surface area contributed by atoms with Crippen LogP contribution < -0.4 is 21.9 Å². The predicted octanol–water partition coefficient (Wildman–Crippen LogP) is 3.11. The Morgan fingerprint density at radius 1 is 1.10 bits per heavy atom. The normalized spacial score (nSPS) is 11.9. The Bertz CT molecular complexity index is 1540. The Balaban J connectivity index is 1.47. The van der Waals surface area contributed by atoms with Crippen molar-refractivity contribution in [3.8, 4) is 0 Å². The topological polar surface area (TPSA) is 202 Å². The van der Waals surface area contributed by atoms with E-state index in [-0.39, 0.29) is 48.7 Å². The predicted molar refractivity (Wildman–Crippen MR) is 158 cm³/mol. The number of carboxylic acids is 1. The molecule has 3 rings (SSSR count). The van der Waals surface area contributed by atoms with Crippen LogP contribution in [-0.4, -0.2) is 55.5 Å². The summed E-state index contributed by atoms with van der Waals surface area (Å²) in [7, 11) is 0. The third kappa shape index (κ3) is 9.84. The number of ether oxygens (including phenoxy) is 1. The fourth-order valence-electron chi connectivity index (χ4n) is 3.79. The summed E-state index contributed by atoms with van der Waals surface area (Å²) < 4.78 is 5.18. The number of aromatic nitrogens is 4. The molecule has 1 unspecified atom stereocenters. The zero-order chi connectivity index (χ0) is 30.6. The van der Waals surface area contributed by atoms with E-state index in [0.29, 0.717) is 11.4 Å². The molecule has 13 nitrogen and oxygen atoms in total. The van der Waals surface area contributed by atoms with E-state index in [2.05, 4.69) is 36.6 Å². The summed E-state index contributed by atoms with van der Waals surface area (Å²) in [5.41, 5.74) is 8.94. The zero-order valence-corrected chi connectivity index (χ0v) is 23.8. The second-order valence-electron chi connectivity index (χ2n) is 9.87. The lowest BCUT2D eigenvalue weighted by molar-refractivity contribution is -0.143. The number of H-pyrrole nitrogens is 1. The number of rotatable bonds is 14. The third-order valence-corrected chi connectivity index (χ3v) is 6.11. The number of aromatic amines is 1. The smallest absolute Gasteiger partial charge is 0.326 e. The van der Waals surface area contributed by atoms with Crippen molar-refractivity contribution in [1.29, 1.82) is 0 Å². The number of hydrogen-bond donors (Lipinski definition) is 5.